The Balaban J connectivity index is 2.24. The zero-order valence-electron chi connectivity index (χ0n) is 13.2. The highest BCUT2D eigenvalue weighted by molar-refractivity contribution is 8.00. The first-order valence-corrected chi connectivity index (χ1v) is 8.36. The van der Waals surface area contributed by atoms with Crippen LogP contribution in [0.2, 0.25) is 0 Å². The number of allylic oxidation sites excluding steroid dienone is 1. The topological polar surface area (TPSA) is 46.6 Å². The number of hydrogen-bond donors (Lipinski definition) is 0. The van der Waals surface area contributed by atoms with Gasteiger partial charge in [-0.05, 0) is 26.3 Å². The number of rotatable bonds is 3. The number of thioether (sulfide) groups is 1. The highest BCUT2D eigenvalue weighted by Gasteiger charge is 2.27. The quantitative estimate of drug-likeness (QED) is 0.853. The number of ketones is 1. The average molecular weight is 319 g/mol. The van der Waals surface area contributed by atoms with E-state index >= 15 is 0 Å². The van der Waals surface area contributed by atoms with Crippen LogP contribution in [0, 0.1) is 0 Å². The summed E-state index contributed by atoms with van der Waals surface area (Å²) >= 11 is 1.52. The van der Waals surface area contributed by atoms with Crippen molar-refractivity contribution in [1.82, 2.24) is 4.90 Å². The number of amides is 1. The summed E-state index contributed by atoms with van der Waals surface area (Å²) in [6.07, 6.45) is 1.14. The van der Waals surface area contributed by atoms with Gasteiger partial charge in [0.1, 0.15) is 5.60 Å². The van der Waals surface area contributed by atoms with Gasteiger partial charge in [-0.1, -0.05) is 30.3 Å². The molecule has 1 aliphatic rings. The summed E-state index contributed by atoms with van der Waals surface area (Å²) in [5.41, 5.74) is 1.13. The molecular weight excluding hydrogens is 298 g/mol. The molecule has 0 atom stereocenters. The summed E-state index contributed by atoms with van der Waals surface area (Å²) in [4.78, 5) is 25.7. The third kappa shape index (κ3) is 4.91. The maximum atomic E-state index is 12.5. The Morgan fingerprint density at radius 2 is 1.91 bits per heavy atom. The van der Waals surface area contributed by atoms with Gasteiger partial charge in [-0.3, -0.25) is 9.69 Å². The predicted octanol–water partition coefficient (Wildman–Crippen LogP) is 3.62. The van der Waals surface area contributed by atoms with Crippen LogP contribution in [0.25, 0.3) is 0 Å². The molecule has 0 saturated heterocycles. The van der Waals surface area contributed by atoms with Gasteiger partial charge < -0.3 is 4.74 Å². The van der Waals surface area contributed by atoms with E-state index in [9.17, 15) is 9.59 Å². The van der Waals surface area contributed by atoms with Gasteiger partial charge in [-0.25, -0.2) is 4.79 Å². The molecule has 0 bridgehead atoms. The van der Waals surface area contributed by atoms with Gasteiger partial charge in [0.25, 0.3) is 0 Å². The molecule has 5 heteroatoms. The van der Waals surface area contributed by atoms with E-state index in [1.54, 1.807) is 11.0 Å². The fourth-order valence-corrected chi connectivity index (χ4v) is 2.88. The van der Waals surface area contributed by atoms with Crippen LogP contribution in [-0.2, 0) is 16.1 Å². The van der Waals surface area contributed by atoms with Crippen molar-refractivity contribution in [2.75, 3.05) is 11.5 Å². The SMILES string of the molecule is CC(C)(C)OC(=O)N(Cc1ccccc1)C1=CC(=O)CSC1. The van der Waals surface area contributed by atoms with Gasteiger partial charge in [0, 0.05) is 17.5 Å². The minimum absolute atomic E-state index is 0.0351. The van der Waals surface area contributed by atoms with E-state index in [4.69, 9.17) is 4.74 Å². The van der Waals surface area contributed by atoms with Crippen molar-refractivity contribution in [1.29, 1.82) is 0 Å². The summed E-state index contributed by atoms with van der Waals surface area (Å²) in [7, 11) is 0. The second-order valence-electron chi connectivity index (χ2n) is 6.15. The molecule has 0 N–H and O–H groups in total. The molecule has 4 nitrogen and oxygen atoms in total. The third-order valence-electron chi connectivity index (χ3n) is 2.97. The van der Waals surface area contributed by atoms with Gasteiger partial charge in [-0.2, -0.15) is 0 Å². The van der Waals surface area contributed by atoms with Crippen molar-refractivity contribution in [2.45, 2.75) is 32.9 Å². The van der Waals surface area contributed by atoms with Crippen LogP contribution in [0.3, 0.4) is 0 Å². The number of nitrogens with zero attached hydrogens (tertiary/aromatic N) is 1. The molecule has 1 heterocycles. The van der Waals surface area contributed by atoms with Crippen molar-refractivity contribution in [3.63, 3.8) is 0 Å². The van der Waals surface area contributed by atoms with Crippen molar-refractivity contribution in [2.24, 2.45) is 0 Å². The first-order valence-electron chi connectivity index (χ1n) is 7.21. The summed E-state index contributed by atoms with van der Waals surface area (Å²) in [6.45, 7) is 5.90. The monoisotopic (exact) mass is 319 g/mol. The fraction of sp³-hybridized carbons (Fsp3) is 0.412. The largest absolute Gasteiger partial charge is 0.443 e. The Kier molecular flexibility index (Phi) is 5.29. The van der Waals surface area contributed by atoms with E-state index in [1.807, 2.05) is 51.1 Å². The zero-order valence-corrected chi connectivity index (χ0v) is 14.0. The number of carbonyl (C=O) groups is 2. The van der Waals surface area contributed by atoms with Gasteiger partial charge in [0.05, 0.1) is 12.3 Å². The molecule has 2 rings (SSSR count). The summed E-state index contributed by atoms with van der Waals surface area (Å²) in [5.74, 6) is 1.14. The standard InChI is InChI=1S/C17H21NO3S/c1-17(2,3)21-16(20)18(10-13-7-5-4-6-8-13)14-9-15(19)12-22-11-14/h4-9H,10-12H2,1-3H3. The normalized spacial score (nSPS) is 15.2. The molecule has 1 aromatic carbocycles. The van der Waals surface area contributed by atoms with E-state index in [0.29, 0.717) is 23.7 Å². The molecule has 0 fully saturated rings. The van der Waals surface area contributed by atoms with Crippen molar-refractivity contribution in [3.05, 3.63) is 47.7 Å². The Morgan fingerprint density at radius 3 is 2.50 bits per heavy atom. The first kappa shape index (κ1) is 16.6. The number of ether oxygens (including phenoxy) is 1. The Morgan fingerprint density at radius 1 is 1.23 bits per heavy atom. The van der Waals surface area contributed by atoms with Crippen LogP contribution in [0.15, 0.2) is 42.1 Å². The van der Waals surface area contributed by atoms with E-state index in [2.05, 4.69) is 0 Å². The predicted molar refractivity (Wildman–Crippen MR) is 88.6 cm³/mol. The molecule has 0 unspecified atom stereocenters. The lowest BCUT2D eigenvalue weighted by atomic mass is 10.2. The molecule has 118 valence electrons. The van der Waals surface area contributed by atoms with Crippen LogP contribution in [0.5, 0.6) is 0 Å². The van der Waals surface area contributed by atoms with Crippen LogP contribution < -0.4 is 0 Å². The van der Waals surface area contributed by atoms with Gasteiger partial charge in [0.2, 0.25) is 0 Å². The number of benzene rings is 1. The molecule has 1 aliphatic heterocycles. The van der Waals surface area contributed by atoms with Crippen LogP contribution >= 0.6 is 11.8 Å². The third-order valence-corrected chi connectivity index (χ3v) is 3.95. The Hall–Kier alpha value is -1.75. The second kappa shape index (κ2) is 7.01. The fourth-order valence-electron chi connectivity index (χ4n) is 2.05. The van der Waals surface area contributed by atoms with E-state index in [0.717, 1.165) is 5.56 Å². The van der Waals surface area contributed by atoms with Crippen LogP contribution in [0.4, 0.5) is 4.79 Å². The smallest absolute Gasteiger partial charge is 0.414 e. The summed E-state index contributed by atoms with van der Waals surface area (Å²) in [6, 6.07) is 9.70. The Labute approximate surface area is 135 Å². The molecule has 0 spiro atoms. The number of carbonyl (C=O) groups excluding carboxylic acids is 2. The van der Waals surface area contributed by atoms with Crippen LogP contribution in [-0.4, -0.2) is 33.9 Å². The van der Waals surface area contributed by atoms with E-state index < -0.39 is 11.7 Å². The summed E-state index contributed by atoms with van der Waals surface area (Å²) in [5, 5.41) is 0. The van der Waals surface area contributed by atoms with Crippen molar-refractivity contribution < 1.29 is 14.3 Å². The maximum absolute atomic E-state index is 12.5. The number of hydrogen-bond acceptors (Lipinski definition) is 4. The van der Waals surface area contributed by atoms with Gasteiger partial charge in [0.15, 0.2) is 5.78 Å². The first-order chi connectivity index (χ1) is 10.3. The lowest BCUT2D eigenvalue weighted by Crippen LogP contribution is -2.37. The second-order valence-corrected chi connectivity index (χ2v) is 7.13. The van der Waals surface area contributed by atoms with Crippen LogP contribution in [0.1, 0.15) is 26.3 Å². The highest BCUT2D eigenvalue weighted by Crippen LogP contribution is 2.23. The van der Waals surface area contributed by atoms with Crippen molar-refractivity contribution >= 4 is 23.6 Å². The van der Waals surface area contributed by atoms with E-state index in [-0.39, 0.29) is 5.78 Å². The molecule has 0 aromatic heterocycles. The average Bonchev–Trinajstić information content (AvgIpc) is 2.44. The lowest BCUT2D eigenvalue weighted by molar-refractivity contribution is -0.112. The molecule has 0 radical (unpaired) electrons. The summed E-state index contributed by atoms with van der Waals surface area (Å²) < 4.78 is 5.49. The molecular formula is C17H21NO3S. The minimum Gasteiger partial charge on any atom is -0.443 e. The highest BCUT2D eigenvalue weighted by atomic mass is 32.2. The molecule has 22 heavy (non-hydrogen) atoms. The Bertz CT molecular complexity index is 575. The molecule has 0 saturated carbocycles. The maximum Gasteiger partial charge on any atom is 0.414 e. The minimum atomic E-state index is -0.571. The van der Waals surface area contributed by atoms with Gasteiger partial charge >= 0.3 is 6.09 Å². The molecule has 1 aromatic rings. The lowest BCUT2D eigenvalue weighted by Gasteiger charge is -2.30. The van der Waals surface area contributed by atoms with Crippen molar-refractivity contribution in [3.8, 4) is 0 Å². The zero-order chi connectivity index (χ0) is 16.2. The molecule has 1 amide bonds. The van der Waals surface area contributed by atoms with Gasteiger partial charge in [-0.15, -0.1) is 11.8 Å². The van der Waals surface area contributed by atoms with E-state index in [1.165, 1.54) is 11.8 Å². The molecule has 0 aliphatic carbocycles.